The van der Waals surface area contributed by atoms with Crippen LogP contribution in [-0.4, -0.2) is 89.6 Å². The number of carbonyl (C=O) groups excluding carboxylic acids is 1. The Labute approximate surface area is 390 Å². The van der Waals surface area contributed by atoms with Gasteiger partial charge in [0.05, 0.1) is 19.8 Å². The standard InChI is InChI=1S/C55H92O9/c1-3-5-7-9-11-13-15-17-19-21-23-24-25-27-29-31-33-35-37-39-41-43-45-61-47-49(48-62-55-54(60)53(59)52(58)50(46-56)64-55)63-51(57)44-42-40-38-36-34-32-30-28-26-22-20-18-16-14-12-10-8-6-4-2/h5-8,11-14,17-20,23-24,26,28,49-50,52-56,58-60H,3-4,9-10,15-16,21-22,25,27,29-48H2,1-2H3/b7-5-,8-6-,13-11-,14-12-,19-17-,20-18-,24-23-,28-26-. The van der Waals surface area contributed by atoms with Crippen molar-refractivity contribution >= 4 is 5.97 Å². The van der Waals surface area contributed by atoms with Gasteiger partial charge in [0.15, 0.2) is 6.29 Å². The topological polar surface area (TPSA) is 135 Å². The largest absolute Gasteiger partial charge is 0.457 e. The second-order valence-corrected chi connectivity index (χ2v) is 16.8. The molecule has 4 N–H and O–H groups in total. The van der Waals surface area contributed by atoms with E-state index in [1.54, 1.807) is 0 Å². The molecule has 0 aromatic rings. The van der Waals surface area contributed by atoms with Crippen molar-refractivity contribution in [3.05, 3.63) is 97.2 Å². The SMILES string of the molecule is CC/C=C\C/C=C\C/C=C\C/C=C\CCCCCCCCCCCOCC(COC1OC(CO)C(O)C(O)C1O)OC(=O)CCCCCCCC/C=C\C/C=C\C/C=C\C/C=C\CC. The lowest BCUT2D eigenvalue weighted by molar-refractivity contribution is -0.305. The fourth-order valence-corrected chi connectivity index (χ4v) is 7.12. The molecule has 1 aliphatic heterocycles. The van der Waals surface area contributed by atoms with E-state index in [9.17, 15) is 25.2 Å². The predicted molar refractivity (Wildman–Crippen MR) is 265 cm³/mol. The number of aliphatic hydroxyl groups excluding tert-OH is 4. The summed E-state index contributed by atoms with van der Waals surface area (Å²) < 4.78 is 22.9. The van der Waals surface area contributed by atoms with E-state index in [-0.39, 0.29) is 19.2 Å². The summed E-state index contributed by atoms with van der Waals surface area (Å²) in [5.41, 5.74) is 0. The smallest absolute Gasteiger partial charge is 0.306 e. The van der Waals surface area contributed by atoms with Crippen LogP contribution in [0.3, 0.4) is 0 Å². The van der Waals surface area contributed by atoms with Gasteiger partial charge in [-0.05, 0) is 89.9 Å². The molecule has 0 aromatic carbocycles. The molecule has 1 heterocycles. The monoisotopic (exact) mass is 897 g/mol. The van der Waals surface area contributed by atoms with Crippen LogP contribution in [0.5, 0.6) is 0 Å². The lowest BCUT2D eigenvalue weighted by Gasteiger charge is -2.39. The molecular formula is C55H92O9. The van der Waals surface area contributed by atoms with Gasteiger partial charge in [-0.25, -0.2) is 0 Å². The molecule has 0 aromatic heterocycles. The Morgan fingerprint density at radius 3 is 1.36 bits per heavy atom. The van der Waals surface area contributed by atoms with E-state index < -0.39 is 43.4 Å². The summed E-state index contributed by atoms with van der Waals surface area (Å²) in [6.07, 6.45) is 55.7. The molecule has 64 heavy (non-hydrogen) atoms. The molecule has 366 valence electrons. The van der Waals surface area contributed by atoms with Gasteiger partial charge in [0.25, 0.3) is 0 Å². The van der Waals surface area contributed by atoms with E-state index in [1.807, 2.05) is 0 Å². The van der Waals surface area contributed by atoms with Gasteiger partial charge >= 0.3 is 5.97 Å². The van der Waals surface area contributed by atoms with Gasteiger partial charge < -0.3 is 39.4 Å². The second kappa shape index (κ2) is 45.3. The number of esters is 1. The van der Waals surface area contributed by atoms with Gasteiger partial charge in [0.1, 0.15) is 30.5 Å². The highest BCUT2D eigenvalue weighted by Crippen LogP contribution is 2.22. The summed E-state index contributed by atoms with van der Waals surface area (Å²) in [4.78, 5) is 12.8. The van der Waals surface area contributed by atoms with Gasteiger partial charge in [-0.2, -0.15) is 0 Å². The minimum atomic E-state index is -1.55. The van der Waals surface area contributed by atoms with Crippen molar-refractivity contribution in [3.63, 3.8) is 0 Å². The number of aliphatic hydroxyl groups is 4. The lowest BCUT2D eigenvalue weighted by Crippen LogP contribution is -2.59. The van der Waals surface area contributed by atoms with Crippen molar-refractivity contribution in [3.8, 4) is 0 Å². The normalized spacial score (nSPS) is 20.4. The maximum atomic E-state index is 12.8. The number of hydrogen-bond acceptors (Lipinski definition) is 9. The number of rotatable bonds is 42. The van der Waals surface area contributed by atoms with Gasteiger partial charge in [0.2, 0.25) is 0 Å². The van der Waals surface area contributed by atoms with Gasteiger partial charge in [-0.3, -0.25) is 4.79 Å². The fourth-order valence-electron chi connectivity index (χ4n) is 7.12. The second-order valence-electron chi connectivity index (χ2n) is 16.8. The van der Waals surface area contributed by atoms with E-state index in [0.717, 1.165) is 109 Å². The predicted octanol–water partition coefficient (Wildman–Crippen LogP) is 12.4. The zero-order chi connectivity index (χ0) is 46.4. The summed E-state index contributed by atoms with van der Waals surface area (Å²) in [5.74, 6) is -0.333. The van der Waals surface area contributed by atoms with Crippen LogP contribution in [0.15, 0.2) is 97.2 Å². The van der Waals surface area contributed by atoms with Crippen molar-refractivity contribution in [2.45, 2.75) is 218 Å². The maximum Gasteiger partial charge on any atom is 0.306 e. The van der Waals surface area contributed by atoms with Gasteiger partial charge in [0, 0.05) is 13.0 Å². The molecule has 0 amide bonds. The zero-order valence-corrected chi connectivity index (χ0v) is 40.2. The van der Waals surface area contributed by atoms with E-state index in [2.05, 4.69) is 111 Å². The fraction of sp³-hybridized carbons (Fsp3) is 0.691. The van der Waals surface area contributed by atoms with Crippen molar-refractivity contribution in [1.29, 1.82) is 0 Å². The first-order chi connectivity index (χ1) is 31.4. The van der Waals surface area contributed by atoms with Gasteiger partial charge in [-0.15, -0.1) is 0 Å². The molecule has 6 unspecified atom stereocenters. The third kappa shape index (κ3) is 35.4. The third-order valence-corrected chi connectivity index (χ3v) is 11.0. The van der Waals surface area contributed by atoms with Crippen molar-refractivity contribution in [2.24, 2.45) is 0 Å². The number of allylic oxidation sites excluding steroid dienone is 16. The van der Waals surface area contributed by atoms with E-state index >= 15 is 0 Å². The first-order valence-electron chi connectivity index (χ1n) is 25.3. The van der Waals surface area contributed by atoms with Crippen LogP contribution in [0.2, 0.25) is 0 Å². The Morgan fingerprint density at radius 2 is 0.906 bits per heavy atom. The average Bonchev–Trinajstić information content (AvgIpc) is 3.30. The molecule has 0 saturated carbocycles. The van der Waals surface area contributed by atoms with Crippen LogP contribution < -0.4 is 0 Å². The van der Waals surface area contributed by atoms with Crippen LogP contribution in [0.4, 0.5) is 0 Å². The van der Waals surface area contributed by atoms with Crippen molar-refractivity contribution in [1.82, 2.24) is 0 Å². The minimum Gasteiger partial charge on any atom is -0.457 e. The van der Waals surface area contributed by atoms with E-state index in [4.69, 9.17) is 18.9 Å². The van der Waals surface area contributed by atoms with Crippen LogP contribution in [0.1, 0.15) is 181 Å². The van der Waals surface area contributed by atoms with E-state index in [0.29, 0.717) is 13.0 Å². The molecule has 1 aliphatic rings. The number of unbranched alkanes of at least 4 members (excludes halogenated alkanes) is 15. The molecular weight excluding hydrogens is 805 g/mol. The molecule has 0 aliphatic carbocycles. The average molecular weight is 897 g/mol. The quantitative estimate of drug-likeness (QED) is 0.0268. The first-order valence-corrected chi connectivity index (χ1v) is 25.3. The Bertz CT molecular complexity index is 1300. The Hall–Kier alpha value is -2.89. The Kier molecular flexibility index (Phi) is 41.8. The molecule has 6 atom stereocenters. The number of hydrogen-bond donors (Lipinski definition) is 4. The lowest BCUT2D eigenvalue weighted by atomic mass is 9.99. The molecule has 1 saturated heterocycles. The van der Waals surface area contributed by atoms with E-state index in [1.165, 1.54) is 51.4 Å². The highest BCUT2D eigenvalue weighted by Gasteiger charge is 2.44. The van der Waals surface area contributed by atoms with Crippen molar-refractivity contribution in [2.75, 3.05) is 26.4 Å². The minimum absolute atomic E-state index is 0.128. The molecule has 0 spiro atoms. The Morgan fingerprint density at radius 1 is 0.500 bits per heavy atom. The number of carbonyl (C=O) groups is 1. The van der Waals surface area contributed by atoms with Crippen molar-refractivity contribution < 1.29 is 44.2 Å². The molecule has 0 bridgehead atoms. The van der Waals surface area contributed by atoms with Crippen LogP contribution >= 0.6 is 0 Å². The highest BCUT2D eigenvalue weighted by atomic mass is 16.7. The molecule has 1 fully saturated rings. The molecule has 1 rings (SSSR count). The first kappa shape index (κ1) is 59.1. The number of ether oxygens (including phenoxy) is 4. The van der Waals surface area contributed by atoms with Crippen LogP contribution in [-0.2, 0) is 23.7 Å². The summed E-state index contributed by atoms with van der Waals surface area (Å²) in [6, 6.07) is 0. The summed E-state index contributed by atoms with van der Waals surface area (Å²) >= 11 is 0. The molecule has 9 heteroatoms. The Balaban J connectivity index is 2.24. The van der Waals surface area contributed by atoms with Crippen LogP contribution in [0, 0.1) is 0 Å². The highest BCUT2D eigenvalue weighted by molar-refractivity contribution is 5.69. The maximum absolute atomic E-state index is 12.8. The van der Waals surface area contributed by atoms with Crippen LogP contribution in [0.25, 0.3) is 0 Å². The molecule has 0 radical (unpaired) electrons. The summed E-state index contributed by atoms with van der Waals surface area (Å²) in [6.45, 7) is 4.29. The van der Waals surface area contributed by atoms with Gasteiger partial charge in [-0.1, -0.05) is 182 Å². The summed E-state index contributed by atoms with van der Waals surface area (Å²) in [5, 5.41) is 40.3. The third-order valence-electron chi connectivity index (χ3n) is 11.0. The summed E-state index contributed by atoms with van der Waals surface area (Å²) in [7, 11) is 0. The molecule has 9 nitrogen and oxygen atoms in total. The zero-order valence-electron chi connectivity index (χ0n) is 40.2.